The van der Waals surface area contributed by atoms with Crippen LogP contribution < -0.4 is 0 Å². The van der Waals surface area contributed by atoms with Crippen molar-refractivity contribution in [2.75, 3.05) is 6.67 Å². The minimum atomic E-state index is -0.411. The highest BCUT2D eigenvalue weighted by atomic mass is 19.1. The summed E-state index contributed by atoms with van der Waals surface area (Å²) in [5.74, 6) is 0. The van der Waals surface area contributed by atoms with E-state index >= 15 is 0 Å². The standard InChI is InChI=1S/C12H19FN2/c1-9(8-13)15-11(6-7-14-15)10(2)12(3,4)5/h6-7,9H,2,8H2,1,3-5H3. The Bertz CT molecular complexity index is 347. The van der Waals surface area contributed by atoms with E-state index in [1.165, 1.54) is 0 Å². The highest BCUT2D eigenvalue weighted by Gasteiger charge is 2.21. The van der Waals surface area contributed by atoms with E-state index < -0.39 is 6.67 Å². The summed E-state index contributed by atoms with van der Waals surface area (Å²) in [5.41, 5.74) is 1.89. The molecule has 1 aromatic heterocycles. The summed E-state index contributed by atoms with van der Waals surface area (Å²) in [5, 5.41) is 4.14. The zero-order chi connectivity index (χ0) is 11.6. The van der Waals surface area contributed by atoms with Crippen LogP contribution in [0, 0.1) is 5.41 Å². The normalized spacial score (nSPS) is 13.9. The van der Waals surface area contributed by atoms with Gasteiger partial charge in [-0.15, -0.1) is 0 Å². The lowest BCUT2D eigenvalue weighted by Crippen LogP contribution is -2.16. The van der Waals surface area contributed by atoms with Crippen molar-refractivity contribution < 1.29 is 4.39 Å². The van der Waals surface area contributed by atoms with Gasteiger partial charge in [-0.3, -0.25) is 4.68 Å². The molecule has 1 atom stereocenters. The lowest BCUT2D eigenvalue weighted by atomic mass is 9.85. The summed E-state index contributed by atoms with van der Waals surface area (Å²) < 4.78 is 14.3. The lowest BCUT2D eigenvalue weighted by Gasteiger charge is -2.23. The van der Waals surface area contributed by atoms with E-state index in [0.29, 0.717) is 0 Å². The molecule has 0 aliphatic rings. The molecule has 0 saturated carbocycles. The van der Waals surface area contributed by atoms with Crippen molar-refractivity contribution in [3.8, 4) is 0 Å². The number of allylic oxidation sites excluding steroid dienone is 1. The van der Waals surface area contributed by atoms with Gasteiger partial charge in [-0.05, 0) is 24.0 Å². The minimum absolute atomic E-state index is 0.0200. The zero-order valence-electron chi connectivity index (χ0n) is 9.92. The van der Waals surface area contributed by atoms with Crippen LogP contribution in [0.1, 0.15) is 39.4 Å². The van der Waals surface area contributed by atoms with E-state index in [1.54, 1.807) is 10.9 Å². The summed E-state index contributed by atoms with van der Waals surface area (Å²) in [6.45, 7) is 11.7. The molecule has 1 heterocycles. The molecule has 2 nitrogen and oxygen atoms in total. The molecule has 0 fully saturated rings. The van der Waals surface area contributed by atoms with Crippen molar-refractivity contribution in [3.63, 3.8) is 0 Å². The van der Waals surface area contributed by atoms with Gasteiger partial charge in [0, 0.05) is 6.20 Å². The molecular weight excluding hydrogens is 191 g/mol. The second-order valence-electron chi connectivity index (χ2n) is 4.89. The Morgan fingerprint density at radius 1 is 1.60 bits per heavy atom. The Morgan fingerprint density at radius 3 is 2.67 bits per heavy atom. The van der Waals surface area contributed by atoms with Crippen LogP contribution in [0.5, 0.6) is 0 Å². The van der Waals surface area contributed by atoms with Crippen LogP contribution in [0.2, 0.25) is 0 Å². The van der Waals surface area contributed by atoms with Crippen molar-refractivity contribution in [2.45, 2.75) is 33.7 Å². The van der Waals surface area contributed by atoms with Gasteiger partial charge in [0.25, 0.3) is 0 Å². The number of halogens is 1. The van der Waals surface area contributed by atoms with Gasteiger partial charge < -0.3 is 0 Å². The smallest absolute Gasteiger partial charge is 0.112 e. The van der Waals surface area contributed by atoms with E-state index in [4.69, 9.17) is 0 Å². The average Bonchev–Trinajstić information content (AvgIpc) is 2.62. The summed E-state index contributed by atoms with van der Waals surface area (Å²) in [6.07, 6.45) is 1.69. The van der Waals surface area contributed by atoms with Gasteiger partial charge in [0.05, 0.1) is 11.7 Å². The minimum Gasteiger partial charge on any atom is -0.260 e. The molecule has 0 amide bonds. The van der Waals surface area contributed by atoms with Gasteiger partial charge in [-0.2, -0.15) is 5.10 Å². The fourth-order valence-corrected chi connectivity index (χ4v) is 1.35. The van der Waals surface area contributed by atoms with Crippen LogP contribution >= 0.6 is 0 Å². The molecule has 84 valence electrons. The largest absolute Gasteiger partial charge is 0.260 e. The number of aromatic nitrogens is 2. The molecule has 0 bridgehead atoms. The van der Waals surface area contributed by atoms with Gasteiger partial charge in [-0.1, -0.05) is 27.4 Å². The highest BCUT2D eigenvalue weighted by molar-refractivity contribution is 5.64. The van der Waals surface area contributed by atoms with Gasteiger partial charge in [0.2, 0.25) is 0 Å². The first kappa shape index (κ1) is 12.0. The Morgan fingerprint density at radius 2 is 2.20 bits per heavy atom. The number of hydrogen-bond donors (Lipinski definition) is 0. The van der Waals surface area contributed by atoms with Crippen LogP contribution in [0.25, 0.3) is 5.57 Å². The average molecular weight is 210 g/mol. The molecule has 15 heavy (non-hydrogen) atoms. The predicted molar refractivity (Wildman–Crippen MR) is 61.4 cm³/mol. The van der Waals surface area contributed by atoms with E-state index in [-0.39, 0.29) is 11.5 Å². The van der Waals surface area contributed by atoms with Crippen LogP contribution in [-0.2, 0) is 0 Å². The SMILES string of the molecule is C=C(c1ccnn1C(C)CF)C(C)(C)C. The molecule has 0 aliphatic heterocycles. The number of nitrogens with zero attached hydrogens (tertiary/aromatic N) is 2. The molecule has 0 saturated heterocycles. The first-order valence-electron chi connectivity index (χ1n) is 5.17. The molecule has 1 rings (SSSR count). The van der Waals surface area contributed by atoms with Crippen molar-refractivity contribution in [3.05, 3.63) is 24.5 Å². The summed E-state index contributed by atoms with van der Waals surface area (Å²) in [7, 11) is 0. The maximum Gasteiger partial charge on any atom is 0.112 e. The molecular formula is C12H19FN2. The number of alkyl halides is 1. The second-order valence-corrected chi connectivity index (χ2v) is 4.89. The lowest BCUT2D eigenvalue weighted by molar-refractivity contribution is 0.352. The molecule has 0 spiro atoms. The second kappa shape index (κ2) is 4.17. The third kappa shape index (κ3) is 2.46. The Kier molecular flexibility index (Phi) is 3.32. The Balaban J connectivity index is 3.06. The first-order valence-corrected chi connectivity index (χ1v) is 5.17. The van der Waals surface area contributed by atoms with Crippen LogP contribution in [0.15, 0.2) is 18.8 Å². The Hall–Kier alpha value is -1.12. The fourth-order valence-electron chi connectivity index (χ4n) is 1.35. The third-order valence-electron chi connectivity index (χ3n) is 2.53. The van der Waals surface area contributed by atoms with E-state index in [1.807, 2.05) is 13.0 Å². The molecule has 1 aromatic rings. The van der Waals surface area contributed by atoms with Crippen LogP contribution in [0.4, 0.5) is 4.39 Å². The van der Waals surface area contributed by atoms with Crippen molar-refractivity contribution in [1.29, 1.82) is 0 Å². The van der Waals surface area contributed by atoms with Crippen LogP contribution in [0.3, 0.4) is 0 Å². The van der Waals surface area contributed by atoms with Crippen molar-refractivity contribution in [2.24, 2.45) is 5.41 Å². The zero-order valence-corrected chi connectivity index (χ0v) is 9.92. The van der Waals surface area contributed by atoms with Gasteiger partial charge >= 0.3 is 0 Å². The maximum absolute atomic E-state index is 12.6. The molecule has 3 heteroatoms. The molecule has 0 N–H and O–H groups in total. The third-order valence-corrected chi connectivity index (χ3v) is 2.53. The number of hydrogen-bond acceptors (Lipinski definition) is 1. The summed E-state index contributed by atoms with van der Waals surface area (Å²) in [6, 6.07) is 1.66. The van der Waals surface area contributed by atoms with Gasteiger partial charge in [0.1, 0.15) is 6.67 Å². The quantitative estimate of drug-likeness (QED) is 0.747. The number of rotatable bonds is 3. The summed E-state index contributed by atoms with van der Waals surface area (Å²) in [4.78, 5) is 0. The Labute approximate surface area is 90.8 Å². The van der Waals surface area contributed by atoms with Crippen LogP contribution in [-0.4, -0.2) is 16.5 Å². The predicted octanol–water partition coefficient (Wildman–Crippen LogP) is 3.47. The maximum atomic E-state index is 12.6. The molecule has 0 aromatic carbocycles. The van der Waals surface area contributed by atoms with Gasteiger partial charge in [-0.25, -0.2) is 4.39 Å². The van der Waals surface area contributed by atoms with E-state index in [2.05, 4.69) is 32.4 Å². The van der Waals surface area contributed by atoms with Crippen molar-refractivity contribution in [1.82, 2.24) is 9.78 Å². The van der Waals surface area contributed by atoms with E-state index in [9.17, 15) is 4.39 Å². The van der Waals surface area contributed by atoms with Gasteiger partial charge in [0.15, 0.2) is 0 Å². The van der Waals surface area contributed by atoms with E-state index in [0.717, 1.165) is 11.3 Å². The molecule has 0 aliphatic carbocycles. The monoisotopic (exact) mass is 210 g/mol. The topological polar surface area (TPSA) is 17.8 Å². The fraction of sp³-hybridized carbons (Fsp3) is 0.583. The highest BCUT2D eigenvalue weighted by Crippen LogP contribution is 2.32. The first-order chi connectivity index (χ1) is 6.88. The molecule has 1 unspecified atom stereocenters. The molecule has 0 radical (unpaired) electrons. The van der Waals surface area contributed by atoms with Crippen molar-refractivity contribution >= 4 is 5.57 Å². The summed E-state index contributed by atoms with van der Waals surface area (Å²) >= 11 is 0.